The lowest BCUT2D eigenvalue weighted by Crippen LogP contribution is -2.36. The summed E-state index contributed by atoms with van der Waals surface area (Å²) in [6, 6.07) is 5.34. The third-order valence-corrected chi connectivity index (χ3v) is 2.77. The molecule has 1 aromatic rings. The Balaban J connectivity index is 2.03. The lowest BCUT2D eigenvalue weighted by molar-refractivity contribution is 0.0452. The number of nitrogen functional groups attached to an aromatic ring is 1. The molecule has 0 spiro atoms. The molecule has 4 heteroatoms. The highest BCUT2D eigenvalue weighted by molar-refractivity contribution is 5.50. The normalized spacial score (nSPS) is 22.9. The van der Waals surface area contributed by atoms with Gasteiger partial charge >= 0.3 is 0 Å². The molecule has 1 aliphatic rings. The summed E-state index contributed by atoms with van der Waals surface area (Å²) >= 11 is 0. The molecule has 0 radical (unpaired) electrons. The minimum Gasteiger partial charge on any atom is -0.472 e. The van der Waals surface area contributed by atoms with Crippen LogP contribution in [0.25, 0.3) is 0 Å². The minimum atomic E-state index is -0.629. The maximum atomic E-state index is 10.0. The fraction of sp³-hybridized carbons (Fsp3) is 0.500. The monoisotopic (exact) mass is 222 g/mol. The minimum absolute atomic E-state index is 0.344. The summed E-state index contributed by atoms with van der Waals surface area (Å²) in [4.78, 5) is 0. The van der Waals surface area contributed by atoms with Crippen LogP contribution in [0.5, 0.6) is 5.75 Å². The Hall–Kier alpha value is -1.26. The molecule has 0 saturated heterocycles. The molecule has 88 valence electrons. The van der Waals surface area contributed by atoms with Crippen LogP contribution in [0.2, 0.25) is 0 Å². The van der Waals surface area contributed by atoms with Crippen LogP contribution in [0.3, 0.4) is 0 Å². The SMILES string of the molecule is CCCCNC1Oc2ccc(N)cc2C1O. The summed E-state index contributed by atoms with van der Waals surface area (Å²) in [6.45, 7) is 2.98. The summed E-state index contributed by atoms with van der Waals surface area (Å²) in [7, 11) is 0. The van der Waals surface area contributed by atoms with Gasteiger partial charge in [0, 0.05) is 11.3 Å². The summed E-state index contributed by atoms with van der Waals surface area (Å²) in [5.74, 6) is 0.718. The highest BCUT2D eigenvalue weighted by Gasteiger charge is 2.32. The van der Waals surface area contributed by atoms with E-state index in [0.717, 1.165) is 30.7 Å². The van der Waals surface area contributed by atoms with Crippen molar-refractivity contribution in [3.63, 3.8) is 0 Å². The van der Waals surface area contributed by atoms with E-state index in [0.29, 0.717) is 5.69 Å². The Kier molecular flexibility index (Phi) is 3.31. The van der Waals surface area contributed by atoms with Gasteiger partial charge < -0.3 is 15.6 Å². The van der Waals surface area contributed by atoms with Gasteiger partial charge in [0.15, 0.2) is 6.23 Å². The molecule has 16 heavy (non-hydrogen) atoms. The second-order valence-electron chi connectivity index (χ2n) is 4.09. The van der Waals surface area contributed by atoms with Gasteiger partial charge in [-0.05, 0) is 31.2 Å². The summed E-state index contributed by atoms with van der Waals surface area (Å²) in [5, 5.41) is 13.2. The molecule has 0 bridgehead atoms. The van der Waals surface area contributed by atoms with Gasteiger partial charge in [0.05, 0.1) is 0 Å². The van der Waals surface area contributed by atoms with Crippen LogP contribution >= 0.6 is 0 Å². The molecule has 0 amide bonds. The number of anilines is 1. The van der Waals surface area contributed by atoms with Gasteiger partial charge in [-0.3, -0.25) is 5.32 Å². The Labute approximate surface area is 95.4 Å². The second-order valence-corrected chi connectivity index (χ2v) is 4.09. The lowest BCUT2D eigenvalue weighted by Gasteiger charge is -2.15. The fourth-order valence-corrected chi connectivity index (χ4v) is 1.84. The summed E-state index contributed by atoms with van der Waals surface area (Å²) in [6.07, 6.45) is 1.22. The molecule has 0 aromatic heterocycles. The van der Waals surface area contributed by atoms with E-state index in [-0.39, 0.29) is 6.23 Å². The van der Waals surface area contributed by atoms with Crippen LogP contribution in [0.1, 0.15) is 31.4 Å². The van der Waals surface area contributed by atoms with Crippen LogP contribution in [0, 0.1) is 0 Å². The van der Waals surface area contributed by atoms with Crippen LogP contribution in [-0.4, -0.2) is 17.9 Å². The van der Waals surface area contributed by atoms with Crippen molar-refractivity contribution in [1.82, 2.24) is 5.32 Å². The van der Waals surface area contributed by atoms with E-state index in [1.807, 2.05) is 0 Å². The van der Waals surface area contributed by atoms with Crippen molar-refractivity contribution >= 4 is 5.69 Å². The number of aliphatic hydroxyl groups is 1. The Morgan fingerprint density at radius 1 is 1.50 bits per heavy atom. The first kappa shape index (κ1) is 11.2. The Morgan fingerprint density at radius 3 is 3.06 bits per heavy atom. The molecular formula is C12H18N2O2. The first-order valence-electron chi connectivity index (χ1n) is 5.70. The Bertz CT molecular complexity index is 368. The molecule has 0 aliphatic carbocycles. The number of nitrogens with one attached hydrogen (secondary N) is 1. The highest BCUT2D eigenvalue weighted by Crippen LogP contribution is 2.36. The molecule has 1 heterocycles. The smallest absolute Gasteiger partial charge is 0.180 e. The predicted molar refractivity (Wildman–Crippen MR) is 63.1 cm³/mol. The van der Waals surface area contributed by atoms with Gasteiger partial charge in [0.1, 0.15) is 11.9 Å². The van der Waals surface area contributed by atoms with E-state index in [1.54, 1.807) is 18.2 Å². The van der Waals surface area contributed by atoms with Crippen molar-refractivity contribution in [2.75, 3.05) is 12.3 Å². The van der Waals surface area contributed by atoms with Crippen molar-refractivity contribution in [2.45, 2.75) is 32.1 Å². The fourth-order valence-electron chi connectivity index (χ4n) is 1.84. The molecule has 2 rings (SSSR count). The number of fused-ring (bicyclic) bond motifs is 1. The third kappa shape index (κ3) is 2.13. The van der Waals surface area contributed by atoms with Gasteiger partial charge in [-0.15, -0.1) is 0 Å². The quantitative estimate of drug-likeness (QED) is 0.532. The van der Waals surface area contributed by atoms with Crippen molar-refractivity contribution in [1.29, 1.82) is 0 Å². The van der Waals surface area contributed by atoms with Crippen molar-refractivity contribution in [2.24, 2.45) is 0 Å². The lowest BCUT2D eigenvalue weighted by atomic mass is 10.1. The van der Waals surface area contributed by atoms with Crippen LogP contribution < -0.4 is 15.8 Å². The molecule has 2 unspecified atom stereocenters. The number of unbranched alkanes of at least 4 members (excludes halogenated alkanes) is 1. The number of rotatable bonds is 4. The largest absolute Gasteiger partial charge is 0.472 e. The van der Waals surface area contributed by atoms with Crippen LogP contribution in [0.15, 0.2) is 18.2 Å². The molecule has 0 fully saturated rings. The average molecular weight is 222 g/mol. The number of aliphatic hydroxyl groups excluding tert-OH is 1. The zero-order valence-electron chi connectivity index (χ0n) is 9.44. The van der Waals surface area contributed by atoms with Gasteiger partial charge in [0.2, 0.25) is 0 Å². The van der Waals surface area contributed by atoms with Crippen LogP contribution in [0.4, 0.5) is 5.69 Å². The van der Waals surface area contributed by atoms with Gasteiger partial charge in [-0.1, -0.05) is 13.3 Å². The van der Waals surface area contributed by atoms with Crippen molar-refractivity contribution in [3.8, 4) is 5.75 Å². The Morgan fingerprint density at radius 2 is 2.31 bits per heavy atom. The standard InChI is InChI=1S/C12H18N2O2/c1-2-3-6-14-12-11(15)9-7-8(13)4-5-10(9)16-12/h4-5,7,11-12,14-15H,2-3,6,13H2,1H3. The van der Waals surface area contributed by atoms with E-state index in [2.05, 4.69) is 12.2 Å². The topological polar surface area (TPSA) is 67.5 Å². The maximum absolute atomic E-state index is 10.0. The number of nitrogens with two attached hydrogens (primary N) is 1. The second kappa shape index (κ2) is 4.72. The number of hydrogen-bond donors (Lipinski definition) is 3. The van der Waals surface area contributed by atoms with Crippen molar-refractivity contribution in [3.05, 3.63) is 23.8 Å². The zero-order valence-corrected chi connectivity index (χ0v) is 9.44. The van der Waals surface area contributed by atoms with Crippen molar-refractivity contribution < 1.29 is 9.84 Å². The molecule has 2 atom stereocenters. The van der Waals surface area contributed by atoms with Gasteiger partial charge in [-0.25, -0.2) is 0 Å². The summed E-state index contributed by atoms with van der Waals surface area (Å²) in [5.41, 5.74) is 7.09. The van der Waals surface area contributed by atoms with E-state index in [4.69, 9.17) is 10.5 Å². The summed E-state index contributed by atoms with van der Waals surface area (Å²) < 4.78 is 5.60. The first-order chi connectivity index (χ1) is 7.72. The van der Waals surface area contributed by atoms with E-state index >= 15 is 0 Å². The average Bonchev–Trinajstić information content (AvgIpc) is 2.57. The molecule has 4 N–H and O–H groups in total. The molecule has 4 nitrogen and oxygen atoms in total. The number of benzene rings is 1. The highest BCUT2D eigenvalue weighted by atomic mass is 16.5. The number of ether oxygens (including phenoxy) is 1. The molecule has 1 aliphatic heterocycles. The maximum Gasteiger partial charge on any atom is 0.180 e. The predicted octanol–water partition coefficient (Wildman–Crippen LogP) is 1.41. The third-order valence-electron chi connectivity index (χ3n) is 2.77. The van der Waals surface area contributed by atoms with E-state index in [9.17, 15) is 5.11 Å². The first-order valence-corrected chi connectivity index (χ1v) is 5.70. The van der Waals surface area contributed by atoms with E-state index in [1.165, 1.54) is 0 Å². The van der Waals surface area contributed by atoms with E-state index < -0.39 is 6.10 Å². The van der Waals surface area contributed by atoms with Gasteiger partial charge in [-0.2, -0.15) is 0 Å². The number of hydrogen-bond acceptors (Lipinski definition) is 4. The van der Waals surface area contributed by atoms with Crippen LogP contribution in [-0.2, 0) is 0 Å². The molecular weight excluding hydrogens is 204 g/mol. The molecule has 0 saturated carbocycles. The zero-order chi connectivity index (χ0) is 11.5. The van der Waals surface area contributed by atoms with Gasteiger partial charge in [0.25, 0.3) is 0 Å². The molecule has 1 aromatic carbocycles.